The van der Waals surface area contributed by atoms with E-state index in [2.05, 4.69) is 10.6 Å². The van der Waals surface area contributed by atoms with Crippen LogP contribution in [-0.4, -0.2) is 23.2 Å². The van der Waals surface area contributed by atoms with Crippen molar-refractivity contribution in [3.8, 4) is 5.75 Å². The van der Waals surface area contributed by atoms with E-state index in [1.807, 2.05) is 31.2 Å². The SMILES string of the molecule is Cc1cccc(OCC(=O)NC(=S)NC23CC4CC(CC(C4)C2)C3)c1. The molecule has 134 valence electrons. The summed E-state index contributed by atoms with van der Waals surface area (Å²) < 4.78 is 5.54. The van der Waals surface area contributed by atoms with E-state index in [4.69, 9.17) is 17.0 Å². The molecule has 1 aromatic carbocycles. The number of thiocarbonyl (C=S) groups is 1. The molecule has 4 nitrogen and oxygen atoms in total. The molecule has 4 saturated carbocycles. The fraction of sp³-hybridized carbons (Fsp3) is 0.600. The van der Waals surface area contributed by atoms with Crippen molar-refractivity contribution in [1.29, 1.82) is 0 Å². The fourth-order valence-electron chi connectivity index (χ4n) is 5.55. The molecule has 4 bridgehead atoms. The second kappa shape index (κ2) is 6.60. The topological polar surface area (TPSA) is 50.4 Å². The zero-order chi connectivity index (χ0) is 17.4. The van der Waals surface area contributed by atoms with Crippen molar-refractivity contribution < 1.29 is 9.53 Å². The Morgan fingerprint density at radius 2 is 1.84 bits per heavy atom. The van der Waals surface area contributed by atoms with Crippen LogP contribution < -0.4 is 15.4 Å². The molecule has 5 rings (SSSR count). The first-order valence-electron chi connectivity index (χ1n) is 9.31. The lowest BCUT2D eigenvalue weighted by Gasteiger charge is -2.57. The minimum absolute atomic E-state index is 0.0217. The van der Waals surface area contributed by atoms with Crippen molar-refractivity contribution in [3.05, 3.63) is 29.8 Å². The first kappa shape index (κ1) is 16.8. The molecule has 1 amide bonds. The van der Waals surface area contributed by atoms with Gasteiger partial charge in [0.2, 0.25) is 0 Å². The quantitative estimate of drug-likeness (QED) is 0.811. The Hall–Kier alpha value is -1.62. The predicted molar refractivity (Wildman–Crippen MR) is 101 cm³/mol. The van der Waals surface area contributed by atoms with Gasteiger partial charge in [-0.1, -0.05) is 12.1 Å². The Kier molecular flexibility index (Phi) is 4.44. The van der Waals surface area contributed by atoms with Gasteiger partial charge in [-0.25, -0.2) is 0 Å². The minimum atomic E-state index is -0.205. The molecule has 0 saturated heterocycles. The number of carbonyl (C=O) groups excluding carboxylic acids is 1. The van der Waals surface area contributed by atoms with Crippen LogP contribution in [0.1, 0.15) is 44.1 Å². The molecule has 25 heavy (non-hydrogen) atoms. The molecule has 4 aliphatic carbocycles. The molecule has 5 heteroatoms. The monoisotopic (exact) mass is 358 g/mol. The zero-order valence-electron chi connectivity index (χ0n) is 14.7. The molecule has 2 N–H and O–H groups in total. The second-order valence-electron chi connectivity index (χ2n) is 8.31. The van der Waals surface area contributed by atoms with Gasteiger partial charge in [0.25, 0.3) is 5.91 Å². The molecule has 4 aliphatic rings. The lowest BCUT2D eigenvalue weighted by molar-refractivity contribution is -0.121. The van der Waals surface area contributed by atoms with Gasteiger partial charge >= 0.3 is 0 Å². The average molecular weight is 359 g/mol. The van der Waals surface area contributed by atoms with Gasteiger partial charge in [-0.3, -0.25) is 4.79 Å². The molecule has 0 radical (unpaired) electrons. The third kappa shape index (κ3) is 3.81. The van der Waals surface area contributed by atoms with E-state index < -0.39 is 0 Å². The Morgan fingerprint density at radius 1 is 1.20 bits per heavy atom. The van der Waals surface area contributed by atoms with E-state index in [-0.39, 0.29) is 18.1 Å². The number of hydrogen-bond donors (Lipinski definition) is 2. The maximum absolute atomic E-state index is 12.1. The van der Waals surface area contributed by atoms with E-state index in [0.717, 1.165) is 23.3 Å². The third-order valence-electron chi connectivity index (χ3n) is 6.03. The van der Waals surface area contributed by atoms with Gasteiger partial charge in [-0.2, -0.15) is 0 Å². The van der Waals surface area contributed by atoms with Gasteiger partial charge < -0.3 is 15.4 Å². The summed E-state index contributed by atoms with van der Waals surface area (Å²) in [6, 6.07) is 7.69. The number of benzene rings is 1. The Bertz CT molecular complexity index is 653. The molecule has 0 spiro atoms. The van der Waals surface area contributed by atoms with Crippen LogP contribution in [0.4, 0.5) is 0 Å². The number of hydrogen-bond acceptors (Lipinski definition) is 3. The summed E-state index contributed by atoms with van der Waals surface area (Å²) in [5.41, 5.74) is 1.23. The van der Waals surface area contributed by atoms with E-state index >= 15 is 0 Å². The molecular weight excluding hydrogens is 332 g/mol. The molecule has 4 fully saturated rings. The van der Waals surface area contributed by atoms with Gasteiger partial charge in [0.1, 0.15) is 5.75 Å². The summed E-state index contributed by atoms with van der Waals surface area (Å²) in [4.78, 5) is 12.1. The lowest BCUT2D eigenvalue weighted by atomic mass is 9.53. The standard InChI is InChI=1S/C20H26N2O2S/c1-13-3-2-4-17(5-13)24-12-18(23)21-19(25)22-20-9-14-6-15(10-20)8-16(7-14)11-20/h2-5,14-16H,6-12H2,1H3,(H2,21,22,23,25). The first-order chi connectivity index (χ1) is 12.0. The molecule has 1 aromatic rings. The van der Waals surface area contributed by atoms with E-state index in [1.165, 1.54) is 38.5 Å². The summed E-state index contributed by atoms with van der Waals surface area (Å²) in [6.07, 6.45) is 7.79. The number of aryl methyl sites for hydroxylation is 1. The summed E-state index contributed by atoms with van der Waals surface area (Å²) in [5, 5.41) is 6.76. The highest BCUT2D eigenvalue weighted by molar-refractivity contribution is 7.80. The van der Waals surface area contributed by atoms with Crippen LogP contribution in [0.15, 0.2) is 24.3 Å². The van der Waals surface area contributed by atoms with Crippen LogP contribution in [0, 0.1) is 24.7 Å². The minimum Gasteiger partial charge on any atom is -0.484 e. The highest BCUT2D eigenvalue weighted by Crippen LogP contribution is 2.55. The smallest absolute Gasteiger partial charge is 0.264 e. The largest absolute Gasteiger partial charge is 0.484 e. The van der Waals surface area contributed by atoms with Crippen LogP contribution in [0.25, 0.3) is 0 Å². The van der Waals surface area contributed by atoms with Crippen molar-refractivity contribution in [2.45, 2.75) is 51.0 Å². The number of nitrogens with one attached hydrogen (secondary N) is 2. The average Bonchev–Trinajstić information content (AvgIpc) is 2.51. The van der Waals surface area contributed by atoms with Crippen LogP contribution >= 0.6 is 12.2 Å². The predicted octanol–water partition coefficient (Wildman–Crippen LogP) is 3.33. The van der Waals surface area contributed by atoms with Gasteiger partial charge in [-0.15, -0.1) is 0 Å². The van der Waals surface area contributed by atoms with E-state index in [0.29, 0.717) is 10.9 Å². The molecule has 0 aliphatic heterocycles. The molecule has 0 heterocycles. The molecule has 0 atom stereocenters. The normalized spacial score (nSPS) is 32.3. The van der Waals surface area contributed by atoms with Crippen molar-refractivity contribution in [2.24, 2.45) is 17.8 Å². The van der Waals surface area contributed by atoms with Crippen molar-refractivity contribution in [3.63, 3.8) is 0 Å². The van der Waals surface area contributed by atoms with Crippen molar-refractivity contribution >= 4 is 23.2 Å². The van der Waals surface area contributed by atoms with Crippen molar-refractivity contribution in [1.82, 2.24) is 10.6 Å². The summed E-state index contributed by atoms with van der Waals surface area (Å²) >= 11 is 5.42. The Balaban J connectivity index is 1.28. The van der Waals surface area contributed by atoms with Crippen LogP contribution in [-0.2, 0) is 4.79 Å². The van der Waals surface area contributed by atoms with Crippen molar-refractivity contribution in [2.75, 3.05) is 6.61 Å². The highest BCUT2D eigenvalue weighted by Gasteiger charge is 2.51. The van der Waals surface area contributed by atoms with E-state index in [1.54, 1.807) is 0 Å². The maximum Gasteiger partial charge on any atom is 0.264 e. The number of rotatable bonds is 4. The summed E-state index contributed by atoms with van der Waals surface area (Å²) in [7, 11) is 0. The second-order valence-corrected chi connectivity index (χ2v) is 8.71. The van der Waals surface area contributed by atoms with E-state index in [9.17, 15) is 4.79 Å². The summed E-state index contributed by atoms with van der Waals surface area (Å²) in [5.74, 6) is 3.05. The van der Waals surface area contributed by atoms with Gasteiger partial charge in [0, 0.05) is 5.54 Å². The van der Waals surface area contributed by atoms with Gasteiger partial charge in [0.05, 0.1) is 0 Å². The zero-order valence-corrected chi connectivity index (χ0v) is 15.5. The molecule has 0 unspecified atom stereocenters. The van der Waals surface area contributed by atoms with Gasteiger partial charge in [-0.05, 0) is 93.1 Å². The first-order valence-corrected chi connectivity index (χ1v) is 9.72. The van der Waals surface area contributed by atoms with Gasteiger partial charge in [0.15, 0.2) is 11.7 Å². The lowest BCUT2D eigenvalue weighted by Crippen LogP contribution is -2.62. The third-order valence-corrected chi connectivity index (χ3v) is 6.23. The highest BCUT2D eigenvalue weighted by atomic mass is 32.1. The van der Waals surface area contributed by atoms with Crippen LogP contribution in [0.2, 0.25) is 0 Å². The maximum atomic E-state index is 12.1. The Morgan fingerprint density at radius 3 is 2.44 bits per heavy atom. The van der Waals surface area contributed by atoms with Crippen LogP contribution in [0.3, 0.4) is 0 Å². The van der Waals surface area contributed by atoms with Crippen LogP contribution in [0.5, 0.6) is 5.75 Å². The number of ether oxygens (including phenoxy) is 1. The fourth-order valence-corrected chi connectivity index (χ4v) is 5.88. The number of carbonyl (C=O) groups is 1. The molecule has 0 aromatic heterocycles. The Labute approximate surface area is 154 Å². The summed E-state index contributed by atoms with van der Waals surface area (Å²) in [6.45, 7) is 1.98. The molecular formula is C20H26N2O2S. The number of amides is 1.